The second-order valence-electron chi connectivity index (χ2n) is 5.34. The van der Waals surface area contributed by atoms with Gasteiger partial charge in [0.2, 0.25) is 0 Å². The van der Waals surface area contributed by atoms with E-state index in [1.807, 2.05) is 12.1 Å². The number of methoxy groups -OCH3 is 2. The van der Waals surface area contributed by atoms with Gasteiger partial charge < -0.3 is 14.4 Å². The number of hydrogen-bond donors (Lipinski definition) is 1. The molecule has 136 valence electrons. The summed E-state index contributed by atoms with van der Waals surface area (Å²) in [6, 6.07) is 11.9. The predicted molar refractivity (Wildman–Crippen MR) is 100 cm³/mol. The zero-order chi connectivity index (χ0) is 18.4. The van der Waals surface area contributed by atoms with E-state index >= 15 is 0 Å². The lowest BCUT2D eigenvalue weighted by Crippen LogP contribution is -2.21. The van der Waals surface area contributed by atoms with Crippen molar-refractivity contribution in [3.05, 3.63) is 42.5 Å². The van der Waals surface area contributed by atoms with Crippen LogP contribution >= 0.6 is 0 Å². The van der Waals surface area contributed by atoms with E-state index in [0.717, 1.165) is 18.8 Å². The Morgan fingerprint density at radius 1 is 0.960 bits per heavy atom. The summed E-state index contributed by atoms with van der Waals surface area (Å²) in [7, 11) is -0.888. The SMILES string of the molecule is CCN(CC)c1ccc(NS(=O)(=O)c2cc(OC)ccc2OC)cc1. The molecule has 2 rings (SSSR count). The zero-order valence-electron chi connectivity index (χ0n) is 14.9. The van der Waals surface area contributed by atoms with Crippen molar-refractivity contribution in [1.82, 2.24) is 0 Å². The predicted octanol–water partition coefficient (Wildman–Crippen LogP) is 3.35. The molecule has 0 aromatic heterocycles. The van der Waals surface area contributed by atoms with E-state index in [-0.39, 0.29) is 10.6 Å². The first-order valence-electron chi connectivity index (χ1n) is 8.05. The molecule has 0 aliphatic carbocycles. The fourth-order valence-electron chi connectivity index (χ4n) is 2.53. The maximum absolute atomic E-state index is 12.7. The van der Waals surface area contributed by atoms with Crippen LogP contribution in [0.5, 0.6) is 11.5 Å². The maximum atomic E-state index is 12.7. The van der Waals surface area contributed by atoms with Gasteiger partial charge in [-0.3, -0.25) is 4.72 Å². The Labute approximate surface area is 149 Å². The van der Waals surface area contributed by atoms with Crippen LogP contribution in [0.1, 0.15) is 13.8 Å². The molecule has 0 unspecified atom stereocenters. The Balaban J connectivity index is 2.30. The minimum Gasteiger partial charge on any atom is -0.497 e. The van der Waals surface area contributed by atoms with Gasteiger partial charge >= 0.3 is 0 Å². The summed E-state index contributed by atoms with van der Waals surface area (Å²) in [6.07, 6.45) is 0. The van der Waals surface area contributed by atoms with Crippen LogP contribution in [0.3, 0.4) is 0 Å². The summed E-state index contributed by atoms with van der Waals surface area (Å²) in [4.78, 5) is 2.21. The van der Waals surface area contributed by atoms with Crippen molar-refractivity contribution in [3.63, 3.8) is 0 Å². The van der Waals surface area contributed by atoms with Gasteiger partial charge in [0.05, 0.1) is 14.2 Å². The topological polar surface area (TPSA) is 67.9 Å². The van der Waals surface area contributed by atoms with Gasteiger partial charge in [0, 0.05) is 30.5 Å². The first-order chi connectivity index (χ1) is 11.9. The van der Waals surface area contributed by atoms with Gasteiger partial charge in [-0.15, -0.1) is 0 Å². The zero-order valence-corrected chi connectivity index (χ0v) is 15.8. The van der Waals surface area contributed by atoms with E-state index in [0.29, 0.717) is 11.4 Å². The number of anilines is 2. The highest BCUT2D eigenvalue weighted by molar-refractivity contribution is 7.92. The van der Waals surface area contributed by atoms with E-state index in [1.165, 1.54) is 20.3 Å². The summed E-state index contributed by atoms with van der Waals surface area (Å²) in [5.41, 5.74) is 1.53. The lowest BCUT2D eigenvalue weighted by Gasteiger charge is -2.21. The average molecular weight is 364 g/mol. The van der Waals surface area contributed by atoms with Crippen molar-refractivity contribution in [2.24, 2.45) is 0 Å². The van der Waals surface area contributed by atoms with Gasteiger partial charge in [-0.25, -0.2) is 8.42 Å². The molecule has 2 aromatic carbocycles. The van der Waals surface area contributed by atoms with Crippen LogP contribution in [0.25, 0.3) is 0 Å². The number of hydrogen-bond acceptors (Lipinski definition) is 5. The van der Waals surface area contributed by atoms with Crippen LogP contribution in [0.15, 0.2) is 47.4 Å². The van der Waals surface area contributed by atoms with E-state index in [9.17, 15) is 8.42 Å². The third kappa shape index (κ3) is 4.36. The van der Waals surface area contributed by atoms with E-state index in [1.54, 1.807) is 24.3 Å². The molecule has 0 atom stereocenters. The quantitative estimate of drug-likeness (QED) is 0.778. The van der Waals surface area contributed by atoms with Crippen LogP contribution in [0.4, 0.5) is 11.4 Å². The first kappa shape index (κ1) is 18.9. The van der Waals surface area contributed by atoms with Crippen molar-refractivity contribution in [1.29, 1.82) is 0 Å². The van der Waals surface area contributed by atoms with Crippen LogP contribution < -0.4 is 19.1 Å². The molecule has 1 N–H and O–H groups in total. The third-order valence-electron chi connectivity index (χ3n) is 3.91. The van der Waals surface area contributed by atoms with Gasteiger partial charge in [0.15, 0.2) is 0 Å². The molecule has 0 heterocycles. The number of benzene rings is 2. The smallest absolute Gasteiger partial charge is 0.265 e. The Hall–Kier alpha value is -2.41. The van der Waals surface area contributed by atoms with Crippen LogP contribution in [0.2, 0.25) is 0 Å². The second kappa shape index (κ2) is 8.11. The molecule has 0 saturated carbocycles. The van der Waals surface area contributed by atoms with Crippen LogP contribution in [-0.4, -0.2) is 35.7 Å². The summed E-state index contributed by atoms with van der Waals surface area (Å²) in [6.45, 7) is 5.94. The number of nitrogens with one attached hydrogen (secondary N) is 1. The molecule has 6 nitrogen and oxygen atoms in total. The summed E-state index contributed by atoms with van der Waals surface area (Å²) < 4.78 is 38.3. The highest BCUT2D eigenvalue weighted by Crippen LogP contribution is 2.30. The minimum atomic E-state index is -3.80. The van der Waals surface area contributed by atoms with Gasteiger partial charge in [-0.1, -0.05) is 0 Å². The summed E-state index contributed by atoms with van der Waals surface area (Å²) in [5, 5.41) is 0. The second-order valence-corrected chi connectivity index (χ2v) is 6.99. The van der Waals surface area contributed by atoms with Crippen molar-refractivity contribution in [2.75, 3.05) is 36.9 Å². The van der Waals surface area contributed by atoms with Gasteiger partial charge in [0.25, 0.3) is 10.0 Å². The molecule has 0 amide bonds. The lowest BCUT2D eigenvalue weighted by molar-refractivity contribution is 0.392. The number of nitrogens with zero attached hydrogens (tertiary/aromatic N) is 1. The largest absolute Gasteiger partial charge is 0.497 e. The molecule has 0 bridgehead atoms. The highest BCUT2D eigenvalue weighted by Gasteiger charge is 2.20. The average Bonchev–Trinajstić information content (AvgIpc) is 2.63. The van der Waals surface area contributed by atoms with Crippen molar-refractivity contribution >= 4 is 21.4 Å². The molecule has 0 aliphatic heterocycles. The summed E-state index contributed by atoms with van der Waals surface area (Å²) in [5.74, 6) is 0.700. The summed E-state index contributed by atoms with van der Waals surface area (Å²) >= 11 is 0. The molecule has 0 aliphatic rings. The van der Waals surface area contributed by atoms with Crippen LogP contribution in [0, 0.1) is 0 Å². The van der Waals surface area contributed by atoms with E-state index in [2.05, 4.69) is 23.5 Å². The van der Waals surface area contributed by atoms with Crippen molar-refractivity contribution < 1.29 is 17.9 Å². The molecule has 2 aromatic rings. The molecule has 25 heavy (non-hydrogen) atoms. The van der Waals surface area contributed by atoms with Crippen molar-refractivity contribution in [3.8, 4) is 11.5 Å². The Morgan fingerprint density at radius 3 is 2.12 bits per heavy atom. The minimum absolute atomic E-state index is 0.0298. The van der Waals surface area contributed by atoms with Gasteiger partial charge in [0.1, 0.15) is 16.4 Å². The van der Waals surface area contributed by atoms with E-state index in [4.69, 9.17) is 9.47 Å². The molecular formula is C18H24N2O4S. The third-order valence-corrected chi connectivity index (χ3v) is 5.31. The van der Waals surface area contributed by atoms with Gasteiger partial charge in [-0.2, -0.15) is 0 Å². The van der Waals surface area contributed by atoms with E-state index < -0.39 is 10.0 Å². The standard InChI is InChI=1S/C18H24N2O4S/c1-5-20(6-2)15-9-7-14(8-10-15)19-25(21,22)18-13-16(23-3)11-12-17(18)24-4/h7-13,19H,5-6H2,1-4H3. The fraction of sp³-hybridized carbons (Fsp3) is 0.333. The number of sulfonamides is 1. The van der Waals surface area contributed by atoms with Gasteiger partial charge in [-0.05, 0) is 50.2 Å². The number of ether oxygens (including phenoxy) is 2. The Morgan fingerprint density at radius 2 is 1.60 bits per heavy atom. The molecule has 0 saturated heterocycles. The molecule has 0 radical (unpaired) electrons. The normalized spacial score (nSPS) is 11.0. The fourth-order valence-corrected chi connectivity index (χ4v) is 3.78. The Bertz CT molecular complexity index is 800. The highest BCUT2D eigenvalue weighted by atomic mass is 32.2. The maximum Gasteiger partial charge on any atom is 0.265 e. The molecule has 0 spiro atoms. The monoisotopic (exact) mass is 364 g/mol. The molecule has 7 heteroatoms. The van der Waals surface area contributed by atoms with Crippen molar-refractivity contribution in [2.45, 2.75) is 18.7 Å². The van der Waals surface area contributed by atoms with Crippen LogP contribution in [-0.2, 0) is 10.0 Å². The first-order valence-corrected chi connectivity index (χ1v) is 9.53. The Kier molecular flexibility index (Phi) is 6.14. The number of rotatable bonds is 8. The molecular weight excluding hydrogens is 340 g/mol. The molecule has 0 fully saturated rings. The lowest BCUT2D eigenvalue weighted by atomic mass is 10.2.